The normalized spacial score (nSPS) is 24.0. The molecule has 1 rings (SSSR count). The van der Waals surface area contributed by atoms with E-state index in [1.807, 2.05) is 0 Å². The smallest absolute Gasteiger partial charge is 0.0829 e. The Labute approximate surface area is 98.3 Å². The van der Waals surface area contributed by atoms with E-state index in [4.69, 9.17) is 16.3 Å². The van der Waals surface area contributed by atoms with Gasteiger partial charge in [0.2, 0.25) is 0 Å². The molecule has 0 aliphatic carbocycles. The van der Waals surface area contributed by atoms with Crippen LogP contribution in [-0.2, 0) is 4.74 Å². The SMILES string of the molecule is CC(C)N(CCCl)CC1CN(C)CCO1. The van der Waals surface area contributed by atoms with Crippen LogP contribution < -0.4 is 0 Å². The molecule has 0 radical (unpaired) electrons. The summed E-state index contributed by atoms with van der Waals surface area (Å²) in [7, 11) is 2.15. The molecule has 1 heterocycles. The molecule has 0 amide bonds. The molecule has 1 aliphatic rings. The summed E-state index contributed by atoms with van der Waals surface area (Å²) in [6.45, 7) is 9.29. The van der Waals surface area contributed by atoms with Gasteiger partial charge in [0.05, 0.1) is 12.7 Å². The van der Waals surface area contributed by atoms with Crippen molar-refractivity contribution in [3.8, 4) is 0 Å². The van der Waals surface area contributed by atoms with E-state index in [0.29, 0.717) is 18.0 Å². The molecule has 1 atom stereocenters. The molecule has 0 N–H and O–H groups in total. The fraction of sp³-hybridized carbons (Fsp3) is 1.00. The maximum atomic E-state index is 5.79. The third-order valence-electron chi connectivity index (χ3n) is 2.88. The first-order valence-corrected chi connectivity index (χ1v) is 6.27. The molecule has 90 valence electrons. The van der Waals surface area contributed by atoms with Gasteiger partial charge in [-0.2, -0.15) is 0 Å². The highest BCUT2D eigenvalue weighted by Crippen LogP contribution is 2.08. The van der Waals surface area contributed by atoms with Crippen LogP contribution >= 0.6 is 11.6 Å². The third-order valence-corrected chi connectivity index (χ3v) is 3.05. The van der Waals surface area contributed by atoms with E-state index >= 15 is 0 Å². The molecule has 1 fully saturated rings. The molecular weight excluding hydrogens is 212 g/mol. The van der Waals surface area contributed by atoms with E-state index < -0.39 is 0 Å². The predicted octanol–water partition coefficient (Wildman–Crippen LogP) is 1.27. The monoisotopic (exact) mass is 234 g/mol. The largest absolute Gasteiger partial charge is 0.374 e. The number of morpholine rings is 1. The van der Waals surface area contributed by atoms with Gasteiger partial charge in [-0.05, 0) is 20.9 Å². The minimum atomic E-state index is 0.342. The average Bonchev–Trinajstić information content (AvgIpc) is 2.17. The van der Waals surface area contributed by atoms with E-state index in [2.05, 4.69) is 30.7 Å². The van der Waals surface area contributed by atoms with Gasteiger partial charge < -0.3 is 9.64 Å². The van der Waals surface area contributed by atoms with E-state index in [9.17, 15) is 0 Å². The lowest BCUT2D eigenvalue weighted by atomic mass is 10.2. The van der Waals surface area contributed by atoms with Gasteiger partial charge in [0.1, 0.15) is 0 Å². The first kappa shape index (κ1) is 13.2. The molecule has 1 aliphatic heterocycles. The standard InChI is InChI=1S/C11H23ClN2O/c1-10(2)14(5-4-12)9-11-8-13(3)6-7-15-11/h10-11H,4-9H2,1-3H3. The lowest BCUT2D eigenvalue weighted by Gasteiger charge is -2.35. The summed E-state index contributed by atoms with van der Waals surface area (Å²) >= 11 is 5.79. The minimum absolute atomic E-state index is 0.342. The number of hydrogen-bond acceptors (Lipinski definition) is 3. The van der Waals surface area contributed by atoms with Crippen molar-refractivity contribution in [2.24, 2.45) is 0 Å². The zero-order chi connectivity index (χ0) is 11.3. The van der Waals surface area contributed by atoms with Crippen molar-refractivity contribution >= 4 is 11.6 Å². The number of rotatable bonds is 5. The van der Waals surface area contributed by atoms with Crippen LogP contribution in [0, 0.1) is 0 Å². The van der Waals surface area contributed by atoms with Gasteiger partial charge in [-0.25, -0.2) is 0 Å². The molecule has 0 bridgehead atoms. The second kappa shape index (κ2) is 6.69. The van der Waals surface area contributed by atoms with Crippen molar-refractivity contribution in [3.63, 3.8) is 0 Å². The summed E-state index contributed by atoms with van der Waals surface area (Å²) < 4.78 is 5.75. The Balaban J connectivity index is 2.35. The van der Waals surface area contributed by atoms with Crippen molar-refractivity contribution in [3.05, 3.63) is 0 Å². The second-order valence-electron chi connectivity index (χ2n) is 4.53. The van der Waals surface area contributed by atoms with Crippen molar-refractivity contribution in [1.82, 2.24) is 9.80 Å². The summed E-state index contributed by atoms with van der Waals surface area (Å²) in [6.07, 6.45) is 0.342. The maximum Gasteiger partial charge on any atom is 0.0829 e. The maximum absolute atomic E-state index is 5.79. The molecule has 15 heavy (non-hydrogen) atoms. The van der Waals surface area contributed by atoms with E-state index in [0.717, 1.165) is 32.8 Å². The molecule has 1 saturated heterocycles. The fourth-order valence-electron chi connectivity index (χ4n) is 1.91. The number of ether oxygens (including phenoxy) is 1. The average molecular weight is 235 g/mol. The Morgan fingerprint density at radius 1 is 1.53 bits per heavy atom. The van der Waals surface area contributed by atoms with E-state index in [1.165, 1.54) is 0 Å². The van der Waals surface area contributed by atoms with Gasteiger partial charge in [0.15, 0.2) is 0 Å². The number of alkyl halides is 1. The number of hydrogen-bond donors (Lipinski definition) is 0. The first-order chi connectivity index (χ1) is 7.13. The highest BCUT2D eigenvalue weighted by atomic mass is 35.5. The molecule has 0 aromatic carbocycles. The van der Waals surface area contributed by atoms with Crippen LogP contribution in [0.15, 0.2) is 0 Å². The number of halogens is 1. The van der Waals surface area contributed by atoms with Gasteiger partial charge in [0, 0.05) is 38.1 Å². The Bertz CT molecular complexity index is 178. The fourth-order valence-corrected chi connectivity index (χ4v) is 2.12. The van der Waals surface area contributed by atoms with Gasteiger partial charge in [-0.3, -0.25) is 4.90 Å². The van der Waals surface area contributed by atoms with Crippen LogP contribution in [0.2, 0.25) is 0 Å². The number of nitrogens with zero attached hydrogens (tertiary/aromatic N) is 2. The van der Waals surface area contributed by atoms with E-state index in [-0.39, 0.29) is 0 Å². The molecule has 1 unspecified atom stereocenters. The highest BCUT2D eigenvalue weighted by molar-refractivity contribution is 6.18. The summed E-state index contributed by atoms with van der Waals surface area (Å²) in [6, 6.07) is 0.541. The minimum Gasteiger partial charge on any atom is -0.374 e. The van der Waals surface area contributed by atoms with Crippen LogP contribution in [0.5, 0.6) is 0 Å². The van der Waals surface area contributed by atoms with Crippen molar-refractivity contribution in [2.45, 2.75) is 26.0 Å². The summed E-state index contributed by atoms with van der Waals surface area (Å²) in [4.78, 5) is 4.71. The van der Waals surface area contributed by atoms with Gasteiger partial charge in [-0.1, -0.05) is 0 Å². The molecular formula is C11H23ClN2O. The van der Waals surface area contributed by atoms with Gasteiger partial charge in [0.25, 0.3) is 0 Å². The molecule has 0 aromatic heterocycles. The van der Waals surface area contributed by atoms with Crippen LogP contribution in [0.4, 0.5) is 0 Å². The zero-order valence-electron chi connectivity index (χ0n) is 10.1. The van der Waals surface area contributed by atoms with Gasteiger partial charge >= 0.3 is 0 Å². The lowest BCUT2D eigenvalue weighted by molar-refractivity contribution is -0.0386. The molecule has 4 heteroatoms. The van der Waals surface area contributed by atoms with Crippen molar-refractivity contribution in [1.29, 1.82) is 0 Å². The second-order valence-corrected chi connectivity index (χ2v) is 4.91. The summed E-state index contributed by atoms with van der Waals surface area (Å²) in [5.74, 6) is 0.695. The third kappa shape index (κ3) is 4.68. The van der Waals surface area contributed by atoms with Crippen molar-refractivity contribution in [2.75, 3.05) is 45.7 Å². The molecule has 0 aromatic rings. The first-order valence-electron chi connectivity index (χ1n) is 5.73. The quantitative estimate of drug-likeness (QED) is 0.667. The van der Waals surface area contributed by atoms with Gasteiger partial charge in [-0.15, -0.1) is 11.6 Å². The Kier molecular flexibility index (Phi) is 5.90. The topological polar surface area (TPSA) is 15.7 Å². The number of likely N-dealkylation sites (N-methyl/N-ethyl adjacent to an activating group) is 1. The summed E-state index contributed by atoms with van der Waals surface area (Å²) in [5.41, 5.74) is 0. The van der Waals surface area contributed by atoms with Crippen LogP contribution in [0.3, 0.4) is 0 Å². The Morgan fingerprint density at radius 2 is 2.27 bits per heavy atom. The predicted molar refractivity (Wildman–Crippen MR) is 64.7 cm³/mol. The molecule has 0 spiro atoms. The Morgan fingerprint density at radius 3 is 2.80 bits per heavy atom. The van der Waals surface area contributed by atoms with E-state index in [1.54, 1.807) is 0 Å². The molecule has 0 saturated carbocycles. The zero-order valence-corrected chi connectivity index (χ0v) is 10.8. The lowest BCUT2D eigenvalue weighted by Crippen LogP contribution is -2.48. The van der Waals surface area contributed by atoms with Crippen LogP contribution in [0.1, 0.15) is 13.8 Å². The summed E-state index contributed by atoms with van der Waals surface area (Å²) in [5, 5.41) is 0. The highest BCUT2D eigenvalue weighted by Gasteiger charge is 2.21. The Hall–Kier alpha value is 0.170. The van der Waals surface area contributed by atoms with Crippen LogP contribution in [-0.4, -0.2) is 67.7 Å². The van der Waals surface area contributed by atoms with Crippen LogP contribution in [0.25, 0.3) is 0 Å². The van der Waals surface area contributed by atoms with Crippen molar-refractivity contribution < 1.29 is 4.74 Å². The molecule has 3 nitrogen and oxygen atoms in total.